The lowest BCUT2D eigenvalue weighted by molar-refractivity contribution is 0.0273. The van der Waals surface area contributed by atoms with Gasteiger partial charge in [-0.05, 0) is 29.9 Å². The van der Waals surface area contributed by atoms with E-state index in [9.17, 15) is 5.11 Å². The van der Waals surface area contributed by atoms with Crippen LogP contribution in [-0.4, -0.2) is 5.11 Å². The van der Waals surface area contributed by atoms with Crippen molar-refractivity contribution < 1.29 is 5.11 Å². The largest absolute Gasteiger partial charge is 0.385 e. The molecule has 0 amide bonds. The zero-order valence-corrected chi connectivity index (χ0v) is 10.2. The van der Waals surface area contributed by atoms with Crippen LogP contribution < -0.4 is 0 Å². The van der Waals surface area contributed by atoms with Gasteiger partial charge in [0, 0.05) is 0 Å². The Balaban J connectivity index is 3.23. The van der Waals surface area contributed by atoms with Gasteiger partial charge < -0.3 is 5.11 Å². The van der Waals surface area contributed by atoms with Gasteiger partial charge in [0.2, 0.25) is 0 Å². The van der Waals surface area contributed by atoms with Gasteiger partial charge in [0.1, 0.15) is 0 Å². The molecule has 0 heterocycles. The van der Waals surface area contributed by atoms with Crippen molar-refractivity contribution in [1.82, 2.24) is 0 Å². The van der Waals surface area contributed by atoms with Crippen molar-refractivity contribution in [3.8, 4) is 0 Å². The summed E-state index contributed by atoms with van der Waals surface area (Å²) in [5, 5.41) is 10.5. The van der Waals surface area contributed by atoms with Crippen LogP contribution in [0, 0.1) is 0 Å². The van der Waals surface area contributed by atoms with E-state index in [0.29, 0.717) is 5.92 Å². The average Bonchev–Trinajstić information content (AvgIpc) is 2.28. The fourth-order valence-corrected chi connectivity index (χ4v) is 2.06. The van der Waals surface area contributed by atoms with Gasteiger partial charge in [0.05, 0.1) is 5.60 Å². The third-order valence-corrected chi connectivity index (χ3v) is 3.25. The summed E-state index contributed by atoms with van der Waals surface area (Å²) >= 11 is 0. The molecule has 0 unspecified atom stereocenters. The van der Waals surface area contributed by atoms with Crippen LogP contribution in [0.2, 0.25) is 0 Å². The predicted octanol–water partition coefficient (Wildman–Crippen LogP) is 3.82. The Labute approximate surface area is 93.1 Å². The van der Waals surface area contributed by atoms with E-state index in [-0.39, 0.29) is 0 Å². The maximum atomic E-state index is 10.5. The Kier molecular flexibility index (Phi) is 3.92. The molecule has 1 nitrogen and oxygen atoms in total. The first-order chi connectivity index (χ1) is 7.05. The highest BCUT2D eigenvalue weighted by Crippen LogP contribution is 2.33. The number of aliphatic hydroxyl groups is 1. The van der Waals surface area contributed by atoms with Crippen molar-refractivity contribution >= 4 is 0 Å². The second-order valence-electron chi connectivity index (χ2n) is 4.48. The first-order valence-corrected chi connectivity index (χ1v) is 5.87. The van der Waals surface area contributed by atoms with E-state index in [1.165, 1.54) is 5.56 Å². The SMILES string of the molecule is CCC(O)(CC)c1ccccc1C(C)C. The zero-order valence-electron chi connectivity index (χ0n) is 10.2. The van der Waals surface area contributed by atoms with E-state index in [2.05, 4.69) is 26.0 Å². The summed E-state index contributed by atoms with van der Waals surface area (Å²) in [4.78, 5) is 0. The van der Waals surface area contributed by atoms with Crippen molar-refractivity contribution in [3.05, 3.63) is 35.4 Å². The van der Waals surface area contributed by atoms with Crippen LogP contribution in [0.15, 0.2) is 24.3 Å². The zero-order chi connectivity index (χ0) is 11.5. The second-order valence-corrected chi connectivity index (χ2v) is 4.48. The fourth-order valence-electron chi connectivity index (χ4n) is 2.06. The fraction of sp³-hybridized carbons (Fsp3) is 0.571. The number of hydrogen-bond acceptors (Lipinski definition) is 1. The molecule has 0 aliphatic heterocycles. The third kappa shape index (κ3) is 2.40. The summed E-state index contributed by atoms with van der Waals surface area (Å²) in [5.74, 6) is 0.464. The molecule has 1 N–H and O–H groups in total. The first kappa shape index (κ1) is 12.3. The Morgan fingerprint density at radius 2 is 1.67 bits per heavy atom. The summed E-state index contributed by atoms with van der Waals surface area (Å²) in [6, 6.07) is 8.24. The quantitative estimate of drug-likeness (QED) is 0.794. The van der Waals surface area contributed by atoms with Crippen LogP contribution in [-0.2, 0) is 5.60 Å². The van der Waals surface area contributed by atoms with Gasteiger partial charge in [0.25, 0.3) is 0 Å². The molecule has 15 heavy (non-hydrogen) atoms. The lowest BCUT2D eigenvalue weighted by Gasteiger charge is -2.29. The van der Waals surface area contributed by atoms with Crippen LogP contribution in [0.25, 0.3) is 0 Å². The Morgan fingerprint density at radius 3 is 2.13 bits per heavy atom. The van der Waals surface area contributed by atoms with E-state index >= 15 is 0 Å². The Hall–Kier alpha value is -0.820. The molecule has 84 valence electrons. The molecular formula is C14H22O. The lowest BCUT2D eigenvalue weighted by Crippen LogP contribution is -2.25. The van der Waals surface area contributed by atoms with Gasteiger partial charge in [-0.2, -0.15) is 0 Å². The molecule has 0 aromatic heterocycles. The third-order valence-electron chi connectivity index (χ3n) is 3.25. The molecule has 0 saturated heterocycles. The average molecular weight is 206 g/mol. The molecule has 0 bridgehead atoms. The van der Waals surface area contributed by atoms with Crippen molar-refractivity contribution in [2.24, 2.45) is 0 Å². The summed E-state index contributed by atoms with van der Waals surface area (Å²) in [6.07, 6.45) is 1.54. The first-order valence-electron chi connectivity index (χ1n) is 5.87. The van der Waals surface area contributed by atoms with Crippen LogP contribution >= 0.6 is 0 Å². The molecule has 0 atom stereocenters. The molecule has 1 rings (SSSR count). The van der Waals surface area contributed by atoms with Gasteiger partial charge >= 0.3 is 0 Å². The minimum Gasteiger partial charge on any atom is -0.385 e. The molecule has 1 aromatic carbocycles. The highest BCUT2D eigenvalue weighted by molar-refractivity contribution is 5.34. The van der Waals surface area contributed by atoms with E-state index in [1.54, 1.807) is 0 Å². The van der Waals surface area contributed by atoms with Crippen LogP contribution in [0.5, 0.6) is 0 Å². The maximum absolute atomic E-state index is 10.5. The minimum atomic E-state index is -0.652. The maximum Gasteiger partial charge on any atom is 0.0894 e. The molecule has 0 saturated carbocycles. The van der Waals surface area contributed by atoms with Gasteiger partial charge in [-0.1, -0.05) is 52.0 Å². The van der Waals surface area contributed by atoms with Crippen LogP contribution in [0.3, 0.4) is 0 Å². The Bertz CT molecular complexity index is 311. The summed E-state index contributed by atoms with van der Waals surface area (Å²) in [5.41, 5.74) is 1.72. The highest BCUT2D eigenvalue weighted by Gasteiger charge is 2.27. The molecule has 0 spiro atoms. The second kappa shape index (κ2) is 4.80. The molecule has 1 aromatic rings. The minimum absolute atomic E-state index is 0.464. The topological polar surface area (TPSA) is 20.2 Å². The van der Waals surface area contributed by atoms with Gasteiger partial charge in [0.15, 0.2) is 0 Å². The van der Waals surface area contributed by atoms with Gasteiger partial charge in [-0.15, -0.1) is 0 Å². The normalized spacial score (nSPS) is 12.1. The summed E-state index contributed by atoms with van der Waals surface area (Å²) < 4.78 is 0. The molecular weight excluding hydrogens is 184 g/mol. The van der Waals surface area contributed by atoms with E-state index < -0.39 is 5.60 Å². The van der Waals surface area contributed by atoms with Gasteiger partial charge in [-0.3, -0.25) is 0 Å². The van der Waals surface area contributed by atoms with E-state index in [4.69, 9.17) is 0 Å². The predicted molar refractivity (Wildman–Crippen MR) is 65.0 cm³/mol. The number of benzene rings is 1. The number of rotatable bonds is 4. The number of hydrogen-bond donors (Lipinski definition) is 1. The van der Waals surface area contributed by atoms with E-state index in [1.807, 2.05) is 26.0 Å². The van der Waals surface area contributed by atoms with Crippen LogP contribution in [0.4, 0.5) is 0 Å². The molecule has 0 fully saturated rings. The Morgan fingerprint density at radius 1 is 1.13 bits per heavy atom. The smallest absolute Gasteiger partial charge is 0.0894 e. The van der Waals surface area contributed by atoms with Crippen molar-refractivity contribution in [2.75, 3.05) is 0 Å². The van der Waals surface area contributed by atoms with Gasteiger partial charge in [-0.25, -0.2) is 0 Å². The standard InChI is InChI=1S/C14H22O/c1-5-14(15,6-2)13-10-8-7-9-12(13)11(3)4/h7-11,15H,5-6H2,1-4H3. The van der Waals surface area contributed by atoms with Crippen molar-refractivity contribution in [3.63, 3.8) is 0 Å². The van der Waals surface area contributed by atoms with Crippen LogP contribution in [0.1, 0.15) is 57.6 Å². The summed E-state index contributed by atoms with van der Waals surface area (Å²) in [6.45, 7) is 8.43. The van der Waals surface area contributed by atoms with Crippen molar-refractivity contribution in [1.29, 1.82) is 0 Å². The summed E-state index contributed by atoms with van der Waals surface area (Å²) in [7, 11) is 0. The molecule has 1 heteroatoms. The highest BCUT2D eigenvalue weighted by atomic mass is 16.3. The van der Waals surface area contributed by atoms with E-state index in [0.717, 1.165) is 18.4 Å². The molecule has 0 radical (unpaired) electrons. The van der Waals surface area contributed by atoms with Crippen molar-refractivity contribution in [2.45, 2.75) is 52.1 Å². The lowest BCUT2D eigenvalue weighted by atomic mass is 9.82. The monoisotopic (exact) mass is 206 g/mol. The molecule has 0 aliphatic rings. The molecule has 0 aliphatic carbocycles.